The number of likely N-dealkylation sites (tertiary alicyclic amines) is 1. The minimum atomic E-state index is -4.36. The monoisotopic (exact) mass is 491 g/mol. The van der Waals surface area contributed by atoms with Crippen LogP contribution in [0.15, 0.2) is 42.5 Å². The van der Waals surface area contributed by atoms with Crippen molar-refractivity contribution in [1.29, 1.82) is 0 Å². The number of nitrogens with one attached hydrogen (secondary N) is 1. The number of hydrogen-bond acceptors (Lipinski definition) is 5. The summed E-state index contributed by atoms with van der Waals surface area (Å²) >= 11 is 1.31. The zero-order chi connectivity index (χ0) is 23.9. The summed E-state index contributed by atoms with van der Waals surface area (Å²) in [5.41, 5.74) is 0.424. The quantitative estimate of drug-likeness (QED) is 0.538. The standard InChI is InChI=1S/C24H24F3N3O3S/c25-24(26,27)17-3-6-19-20(12-17)34-21(29-19)11-15-7-9-30(10-8-15)22(31)28-18-4-1-16(2-5-18)23(32)13-33-14-23/h1-6,12,15,32H,7-11,13-14H2,(H,28,31). The van der Waals surface area contributed by atoms with Crippen LogP contribution < -0.4 is 5.32 Å². The Morgan fingerprint density at radius 1 is 1.18 bits per heavy atom. The van der Waals surface area contributed by atoms with Crippen molar-refractivity contribution >= 4 is 33.3 Å². The number of alkyl halides is 3. The maximum Gasteiger partial charge on any atom is 0.416 e. The molecule has 2 amide bonds. The normalized spacial score (nSPS) is 18.6. The lowest BCUT2D eigenvalue weighted by atomic mass is 9.92. The van der Waals surface area contributed by atoms with Crippen molar-refractivity contribution in [2.75, 3.05) is 31.6 Å². The Morgan fingerprint density at radius 3 is 2.50 bits per heavy atom. The molecular weight excluding hydrogens is 467 g/mol. The van der Waals surface area contributed by atoms with Gasteiger partial charge in [0, 0.05) is 25.2 Å². The minimum Gasteiger partial charge on any atom is -0.380 e. The van der Waals surface area contributed by atoms with E-state index in [1.807, 2.05) is 0 Å². The predicted molar refractivity (Wildman–Crippen MR) is 123 cm³/mol. The fourth-order valence-electron chi connectivity index (χ4n) is 4.35. The molecule has 34 heavy (non-hydrogen) atoms. The number of fused-ring (bicyclic) bond motifs is 1. The van der Waals surface area contributed by atoms with Crippen LogP contribution in [-0.2, 0) is 22.9 Å². The van der Waals surface area contributed by atoms with Crippen molar-refractivity contribution < 1.29 is 27.8 Å². The molecule has 0 atom stereocenters. The Balaban J connectivity index is 1.14. The third-order valence-electron chi connectivity index (χ3n) is 6.48. The van der Waals surface area contributed by atoms with Gasteiger partial charge in [0.1, 0.15) is 5.60 Å². The summed E-state index contributed by atoms with van der Waals surface area (Å²) in [5, 5.41) is 14.0. The Hall–Kier alpha value is -2.69. The fraction of sp³-hybridized carbons (Fsp3) is 0.417. The first-order valence-corrected chi connectivity index (χ1v) is 11.9. The summed E-state index contributed by atoms with van der Waals surface area (Å²) in [6, 6.07) is 10.6. The van der Waals surface area contributed by atoms with Gasteiger partial charge in [-0.1, -0.05) is 12.1 Å². The molecule has 2 fully saturated rings. The highest BCUT2D eigenvalue weighted by Gasteiger charge is 2.37. The number of aromatic nitrogens is 1. The van der Waals surface area contributed by atoms with Crippen LogP contribution in [0.4, 0.5) is 23.7 Å². The van der Waals surface area contributed by atoms with Gasteiger partial charge in [0.25, 0.3) is 0 Å². The third-order valence-corrected chi connectivity index (χ3v) is 7.52. The van der Waals surface area contributed by atoms with E-state index in [1.54, 1.807) is 29.2 Å². The highest BCUT2D eigenvalue weighted by Crippen LogP contribution is 2.34. The molecule has 2 aromatic carbocycles. The van der Waals surface area contributed by atoms with Crippen molar-refractivity contribution in [3.05, 3.63) is 58.6 Å². The molecule has 10 heteroatoms. The molecule has 6 nitrogen and oxygen atoms in total. The maximum atomic E-state index is 12.9. The number of thiazole rings is 1. The van der Waals surface area contributed by atoms with E-state index in [9.17, 15) is 23.1 Å². The van der Waals surface area contributed by atoms with Crippen LogP contribution in [0.2, 0.25) is 0 Å². The number of nitrogens with zero attached hydrogens (tertiary/aromatic N) is 2. The van der Waals surface area contributed by atoms with Gasteiger partial charge in [-0.2, -0.15) is 13.2 Å². The molecule has 2 N–H and O–H groups in total. The molecule has 2 aliphatic heterocycles. The van der Waals surface area contributed by atoms with Crippen molar-refractivity contribution in [3.63, 3.8) is 0 Å². The first-order valence-electron chi connectivity index (χ1n) is 11.1. The maximum absolute atomic E-state index is 12.9. The first kappa shape index (κ1) is 23.1. The number of hydrogen-bond donors (Lipinski definition) is 2. The molecule has 0 bridgehead atoms. The molecular formula is C24H24F3N3O3S. The smallest absolute Gasteiger partial charge is 0.380 e. The van der Waals surface area contributed by atoms with Gasteiger partial charge < -0.3 is 20.1 Å². The van der Waals surface area contributed by atoms with E-state index in [1.165, 1.54) is 17.4 Å². The number of urea groups is 1. The summed E-state index contributed by atoms with van der Waals surface area (Å²) in [6.07, 6.45) is -2.04. The van der Waals surface area contributed by atoms with E-state index >= 15 is 0 Å². The first-order chi connectivity index (χ1) is 16.2. The number of rotatable bonds is 4. The molecule has 180 valence electrons. The van der Waals surface area contributed by atoms with Gasteiger partial charge in [-0.25, -0.2) is 9.78 Å². The molecule has 0 unspecified atom stereocenters. The summed E-state index contributed by atoms with van der Waals surface area (Å²) in [4.78, 5) is 18.9. The lowest BCUT2D eigenvalue weighted by Gasteiger charge is -2.36. The van der Waals surface area contributed by atoms with E-state index in [0.717, 1.165) is 35.5 Å². The van der Waals surface area contributed by atoms with Crippen molar-refractivity contribution in [2.45, 2.75) is 31.0 Å². The molecule has 2 aliphatic rings. The van der Waals surface area contributed by atoms with Crippen molar-refractivity contribution in [3.8, 4) is 0 Å². The number of benzene rings is 2. The Bertz CT molecular complexity index is 1180. The molecule has 0 saturated carbocycles. The Morgan fingerprint density at radius 2 is 1.88 bits per heavy atom. The lowest BCUT2D eigenvalue weighted by molar-refractivity contribution is -0.184. The number of halogens is 3. The largest absolute Gasteiger partial charge is 0.416 e. The number of carbonyl (C=O) groups is 1. The second-order valence-electron chi connectivity index (χ2n) is 8.95. The van der Waals surface area contributed by atoms with Gasteiger partial charge in [-0.15, -0.1) is 11.3 Å². The summed E-state index contributed by atoms with van der Waals surface area (Å²) in [5.74, 6) is 0.330. The molecule has 0 radical (unpaired) electrons. The van der Waals surface area contributed by atoms with Crippen LogP contribution in [0.5, 0.6) is 0 Å². The molecule has 2 saturated heterocycles. The highest BCUT2D eigenvalue weighted by atomic mass is 32.1. The van der Waals surface area contributed by atoms with Crippen molar-refractivity contribution in [1.82, 2.24) is 9.88 Å². The average molecular weight is 492 g/mol. The van der Waals surface area contributed by atoms with Gasteiger partial charge in [0.2, 0.25) is 0 Å². The molecule has 1 aromatic heterocycles. The van der Waals surface area contributed by atoms with E-state index in [-0.39, 0.29) is 19.2 Å². The number of amides is 2. The second-order valence-corrected chi connectivity index (χ2v) is 10.1. The van der Waals surface area contributed by atoms with Gasteiger partial charge in [-0.05, 0) is 54.7 Å². The van der Waals surface area contributed by atoms with Crippen LogP contribution in [0.25, 0.3) is 10.2 Å². The van der Waals surface area contributed by atoms with Crippen LogP contribution >= 0.6 is 11.3 Å². The van der Waals surface area contributed by atoms with Gasteiger partial charge in [-0.3, -0.25) is 0 Å². The van der Waals surface area contributed by atoms with Gasteiger partial charge >= 0.3 is 12.2 Å². The van der Waals surface area contributed by atoms with E-state index in [2.05, 4.69) is 10.3 Å². The third kappa shape index (κ3) is 4.75. The molecule has 0 aliphatic carbocycles. The number of piperidine rings is 1. The van der Waals surface area contributed by atoms with Crippen LogP contribution in [0, 0.1) is 5.92 Å². The van der Waals surface area contributed by atoms with E-state index in [4.69, 9.17) is 4.74 Å². The van der Waals surface area contributed by atoms with Gasteiger partial charge in [0.05, 0.1) is 34.0 Å². The van der Waals surface area contributed by atoms with E-state index < -0.39 is 17.3 Å². The summed E-state index contributed by atoms with van der Waals surface area (Å²) < 4.78 is 44.5. The minimum absolute atomic E-state index is 0.170. The predicted octanol–water partition coefficient (Wildman–Crippen LogP) is 5.02. The molecule has 3 aromatic rings. The van der Waals surface area contributed by atoms with Crippen LogP contribution in [0.3, 0.4) is 0 Å². The zero-order valence-electron chi connectivity index (χ0n) is 18.3. The lowest BCUT2D eigenvalue weighted by Crippen LogP contribution is -2.46. The fourth-order valence-corrected chi connectivity index (χ4v) is 5.47. The van der Waals surface area contributed by atoms with Gasteiger partial charge in [0.15, 0.2) is 0 Å². The number of ether oxygens (including phenoxy) is 1. The van der Waals surface area contributed by atoms with Crippen molar-refractivity contribution in [2.24, 2.45) is 5.92 Å². The molecule has 3 heterocycles. The number of aliphatic hydroxyl groups is 1. The SMILES string of the molecule is O=C(Nc1ccc(C2(O)COC2)cc1)N1CCC(Cc2nc3ccc(C(F)(F)F)cc3s2)CC1. The van der Waals surface area contributed by atoms with E-state index in [0.29, 0.717) is 41.3 Å². The summed E-state index contributed by atoms with van der Waals surface area (Å²) in [6.45, 7) is 1.77. The highest BCUT2D eigenvalue weighted by molar-refractivity contribution is 7.18. The Labute approximate surface area is 198 Å². The number of anilines is 1. The van der Waals surface area contributed by atoms with Crippen LogP contribution in [-0.4, -0.2) is 47.3 Å². The van der Waals surface area contributed by atoms with Crippen LogP contribution in [0.1, 0.15) is 29.0 Å². The topological polar surface area (TPSA) is 74.7 Å². The summed E-state index contributed by atoms with van der Waals surface area (Å²) in [7, 11) is 0. The second kappa shape index (κ2) is 8.83. The Kier molecular flexibility index (Phi) is 5.99. The molecule has 0 spiro atoms. The molecule has 5 rings (SSSR count). The number of carbonyl (C=O) groups excluding carboxylic acids is 1. The zero-order valence-corrected chi connectivity index (χ0v) is 19.1. The average Bonchev–Trinajstić information content (AvgIpc) is 3.19.